The van der Waals surface area contributed by atoms with Crippen LogP contribution in [0.15, 0.2) is 24.3 Å². The van der Waals surface area contributed by atoms with Crippen LogP contribution >= 0.6 is 11.8 Å². The molecule has 0 saturated carbocycles. The minimum absolute atomic E-state index is 0.277. The Morgan fingerprint density at radius 2 is 1.95 bits per heavy atom. The third-order valence-electron chi connectivity index (χ3n) is 3.49. The first-order chi connectivity index (χ1) is 9.13. The van der Waals surface area contributed by atoms with Crippen molar-refractivity contribution in [2.24, 2.45) is 5.73 Å². The Labute approximate surface area is 121 Å². The molecule has 0 amide bonds. The van der Waals surface area contributed by atoms with Crippen molar-refractivity contribution in [3.05, 3.63) is 35.4 Å². The van der Waals surface area contributed by atoms with Crippen molar-refractivity contribution >= 4 is 11.8 Å². The first-order valence-electron chi connectivity index (χ1n) is 6.62. The summed E-state index contributed by atoms with van der Waals surface area (Å²) in [6.45, 7) is 3.55. The van der Waals surface area contributed by atoms with Crippen molar-refractivity contribution in [2.75, 3.05) is 32.7 Å². The predicted octanol–water partition coefficient (Wildman–Crippen LogP) is 2.52. The Morgan fingerprint density at radius 1 is 1.32 bits per heavy atom. The smallest absolute Gasteiger partial charge is 0.0713 e. The molecular formula is C15H26N2OS. The molecule has 1 aromatic rings. The molecule has 2 N–H and O–H groups in total. The first-order valence-corrected chi connectivity index (χ1v) is 8.02. The maximum Gasteiger partial charge on any atom is 0.0713 e. The molecule has 2 atom stereocenters. The molecule has 0 bridgehead atoms. The number of nitrogens with zero attached hydrogens (tertiary/aromatic N) is 1. The van der Waals surface area contributed by atoms with Gasteiger partial charge >= 0.3 is 0 Å². The Balaban J connectivity index is 2.78. The summed E-state index contributed by atoms with van der Waals surface area (Å²) in [7, 11) is 3.87. The van der Waals surface area contributed by atoms with E-state index >= 15 is 0 Å². The Morgan fingerprint density at radius 3 is 2.42 bits per heavy atom. The van der Waals surface area contributed by atoms with Crippen LogP contribution in [-0.2, 0) is 11.3 Å². The van der Waals surface area contributed by atoms with E-state index in [0.717, 1.165) is 5.75 Å². The zero-order valence-electron chi connectivity index (χ0n) is 12.4. The fraction of sp³-hybridized carbons (Fsp3) is 0.600. The first kappa shape index (κ1) is 16.5. The van der Waals surface area contributed by atoms with E-state index in [0.29, 0.717) is 19.2 Å². The van der Waals surface area contributed by atoms with E-state index < -0.39 is 0 Å². The van der Waals surface area contributed by atoms with E-state index in [2.05, 4.69) is 49.4 Å². The van der Waals surface area contributed by atoms with Gasteiger partial charge in [-0.15, -0.1) is 0 Å². The van der Waals surface area contributed by atoms with Gasteiger partial charge in [-0.25, -0.2) is 0 Å². The van der Waals surface area contributed by atoms with E-state index in [1.165, 1.54) is 11.1 Å². The van der Waals surface area contributed by atoms with Gasteiger partial charge in [0.1, 0.15) is 0 Å². The van der Waals surface area contributed by atoms with Gasteiger partial charge in [-0.1, -0.05) is 24.3 Å². The molecule has 3 nitrogen and oxygen atoms in total. The van der Waals surface area contributed by atoms with E-state index in [1.54, 1.807) is 7.11 Å². The average Bonchev–Trinajstić information content (AvgIpc) is 2.42. The number of hydrogen-bond donors (Lipinski definition) is 1. The van der Waals surface area contributed by atoms with Crippen molar-refractivity contribution in [3.8, 4) is 0 Å². The summed E-state index contributed by atoms with van der Waals surface area (Å²) in [5.41, 5.74) is 8.44. The third kappa shape index (κ3) is 4.80. The Kier molecular flexibility index (Phi) is 7.46. The summed E-state index contributed by atoms with van der Waals surface area (Å²) in [6, 6.07) is 9.35. The zero-order valence-corrected chi connectivity index (χ0v) is 13.2. The number of thioether (sulfide) groups is 1. The number of nitrogens with two attached hydrogens (primary N) is 1. The molecule has 19 heavy (non-hydrogen) atoms. The second-order valence-corrected chi connectivity index (χ2v) is 5.81. The minimum Gasteiger partial charge on any atom is -0.380 e. The van der Waals surface area contributed by atoms with Crippen molar-refractivity contribution in [1.29, 1.82) is 0 Å². The van der Waals surface area contributed by atoms with E-state index in [1.807, 2.05) is 11.8 Å². The molecule has 0 spiro atoms. The normalized spacial score (nSPS) is 14.6. The highest BCUT2D eigenvalue weighted by molar-refractivity contribution is 7.98. The van der Waals surface area contributed by atoms with E-state index in [-0.39, 0.29) is 6.04 Å². The Hall–Kier alpha value is -0.550. The monoisotopic (exact) mass is 282 g/mol. The maximum absolute atomic E-state index is 5.96. The van der Waals surface area contributed by atoms with Gasteiger partial charge in [0.2, 0.25) is 0 Å². The number of hydrogen-bond acceptors (Lipinski definition) is 4. The lowest BCUT2D eigenvalue weighted by Gasteiger charge is -2.32. The van der Waals surface area contributed by atoms with Crippen LogP contribution < -0.4 is 5.73 Å². The van der Waals surface area contributed by atoms with Crippen molar-refractivity contribution < 1.29 is 4.74 Å². The second kappa shape index (κ2) is 8.59. The lowest BCUT2D eigenvalue weighted by molar-refractivity contribution is 0.184. The fourth-order valence-electron chi connectivity index (χ4n) is 2.21. The highest BCUT2D eigenvalue weighted by atomic mass is 32.2. The van der Waals surface area contributed by atoms with Gasteiger partial charge in [-0.05, 0) is 31.4 Å². The minimum atomic E-state index is 0.277. The summed E-state index contributed by atoms with van der Waals surface area (Å²) in [5.74, 6) is 1.12. The van der Waals surface area contributed by atoms with Gasteiger partial charge in [-0.3, -0.25) is 4.90 Å². The molecular weight excluding hydrogens is 256 g/mol. The molecule has 4 heteroatoms. The summed E-state index contributed by atoms with van der Waals surface area (Å²) in [5, 5.41) is 0. The lowest BCUT2D eigenvalue weighted by atomic mass is 10.0. The van der Waals surface area contributed by atoms with Gasteiger partial charge in [0.25, 0.3) is 0 Å². The van der Waals surface area contributed by atoms with Crippen LogP contribution in [-0.4, -0.2) is 43.7 Å². The third-order valence-corrected chi connectivity index (χ3v) is 4.31. The summed E-state index contributed by atoms with van der Waals surface area (Å²) in [6.07, 6.45) is 2.14. The number of benzene rings is 1. The van der Waals surface area contributed by atoms with E-state index in [4.69, 9.17) is 10.5 Å². The highest BCUT2D eigenvalue weighted by Gasteiger charge is 2.19. The molecule has 1 aromatic carbocycles. The number of methoxy groups -OCH3 is 1. The van der Waals surface area contributed by atoms with Crippen molar-refractivity contribution in [2.45, 2.75) is 25.6 Å². The van der Waals surface area contributed by atoms with Crippen LogP contribution in [0.1, 0.15) is 24.1 Å². The zero-order chi connectivity index (χ0) is 14.3. The lowest BCUT2D eigenvalue weighted by Crippen LogP contribution is -2.38. The van der Waals surface area contributed by atoms with Crippen LogP contribution in [0.25, 0.3) is 0 Å². The van der Waals surface area contributed by atoms with Crippen LogP contribution in [0.4, 0.5) is 0 Å². The number of likely N-dealkylation sites (N-methyl/N-ethyl adjacent to an activating group) is 1. The standard InChI is InChI=1S/C15H26N2OS/c1-12(11-19-4)17(2)15(9-16)14-7-5-13(6-8-14)10-18-3/h5-8,12,15H,9-11,16H2,1-4H3. The molecule has 0 aliphatic carbocycles. The molecule has 0 aliphatic heterocycles. The summed E-state index contributed by atoms with van der Waals surface area (Å²) < 4.78 is 5.13. The molecule has 0 saturated heterocycles. The second-order valence-electron chi connectivity index (χ2n) is 4.90. The van der Waals surface area contributed by atoms with Crippen molar-refractivity contribution in [1.82, 2.24) is 4.90 Å². The van der Waals surface area contributed by atoms with Gasteiger partial charge in [0.15, 0.2) is 0 Å². The van der Waals surface area contributed by atoms with E-state index in [9.17, 15) is 0 Å². The summed E-state index contributed by atoms with van der Waals surface area (Å²) in [4.78, 5) is 2.36. The molecule has 1 rings (SSSR count). The maximum atomic E-state index is 5.96. The molecule has 2 unspecified atom stereocenters. The van der Waals surface area contributed by atoms with Crippen molar-refractivity contribution in [3.63, 3.8) is 0 Å². The predicted molar refractivity (Wildman–Crippen MR) is 84.6 cm³/mol. The largest absolute Gasteiger partial charge is 0.380 e. The molecule has 0 aliphatic rings. The molecule has 0 aromatic heterocycles. The van der Waals surface area contributed by atoms with Crippen LogP contribution in [0, 0.1) is 0 Å². The quantitative estimate of drug-likeness (QED) is 0.795. The Bertz CT molecular complexity index is 356. The topological polar surface area (TPSA) is 38.5 Å². The fourth-order valence-corrected chi connectivity index (χ4v) is 2.92. The average molecular weight is 282 g/mol. The van der Waals surface area contributed by atoms with Crippen LogP contribution in [0.2, 0.25) is 0 Å². The van der Waals surface area contributed by atoms with Gasteiger partial charge in [0, 0.05) is 31.5 Å². The van der Waals surface area contributed by atoms with Crippen LogP contribution in [0.3, 0.4) is 0 Å². The molecule has 0 heterocycles. The highest BCUT2D eigenvalue weighted by Crippen LogP contribution is 2.22. The summed E-state index contributed by atoms with van der Waals surface area (Å²) >= 11 is 1.87. The SMILES string of the molecule is COCc1ccc(C(CN)N(C)C(C)CSC)cc1. The van der Waals surface area contributed by atoms with Gasteiger partial charge in [-0.2, -0.15) is 11.8 Å². The number of rotatable bonds is 8. The molecule has 0 fully saturated rings. The molecule has 0 radical (unpaired) electrons. The van der Waals surface area contributed by atoms with Gasteiger partial charge in [0.05, 0.1) is 6.61 Å². The van der Waals surface area contributed by atoms with Gasteiger partial charge < -0.3 is 10.5 Å². The number of ether oxygens (including phenoxy) is 1. The molecule has 108 valence electrons. The van der Waals surface area contributed by atoms with Crippen LogP contribution in [0.5, 0.6) is 0 Å².